The predicted octanol–water partition coefficient (Wildman–Crippen LogP) is 0.0671. The number of amides is 2. The van der Waals surface area contributed by atoms with E-state index in [1.165, 1.54) is 0 Å². The topological polar surface area (TPSA) is 101 Å². The summed E-state index contributed by atoms with van der Waals surface area (Å²) in [7, 11) is 0. The minimum atomic E-state index is -0.895. The van der Waals surface area contributed by atoms with Crippen LogP contribution in [0, 0.1) is 23.7 Å². The van der Waals surface area contributed by atoms with Gasteiger partial charge in [0.15, 0.2) is 0 Å². The summed E-state index contributed by atoms with van der Waals surface area (Å²) in [4.78, 5) is 36.3. The fraction of sp³-hybridized carbons (Fsp3) is 0.769. The lowest BCUT2D eigenvalue weighted by molar-refractivity contribution is -0.148. The van der Waals surface area contributed by atoms with E-state index < -0.39 is 17.8 Å². The molecule has 4 atom stereocenters. The molecule has 2 aliphatic rings. The Morgan fingerprint density at radius 1 is 1.21 bits per heavy atom. The van der Waals surface area contributed by atoms with E-state index in [1.807, 2.05) is 6.92 Å². The number of carbonyl (C=O) groups is 3. The second kappa shape index (κ2) is 5.19. The number of carboxylic acids is 1. The Morgan fingerprint density at radius 3 is 2.37 bits per heavy atom. The highest BCUT2D eigenvalue weighted by molar-refractivity contribution is 5.86. The Kier molecular flexibility index (Phi) is 3.78. The van der Waals surface area contributed by atoms with Crippen LogP contribution in [-0.4, -0.2) is 40.9 Å². The van der Waals surface area contributed by atoms with Gasteiger partial charge in [0.25, 0.3) is 0 Å². The molecule has 0 aromatic carbocycles. The molecule has 1 saturated carbocycles. The number of hydrogen-bond acceptors (Lipinski definition) is 3. The molecule has 106 valence electrons. The van der Waals surface area contributed by atoms with Crippen LogP contribution < -0.4 is 5.73 Å². The maximum atomic E-state index is 12.4. The Labute approximate surface area is 111 Å². The maximum absolute atomic E-state index is 12.4. The number of aliphatic carboxylic acids is 1. The van der Waals surface area contributed by atoms with Crippen LogP contribution in [0.2, 0.25) is 0 Å². The fourth-order valence-electron chi connectivity index (χ4n) is 3.26. The van der Waals surface area contributed by atoms with E-state index in [0.717, 1.165) is 0 Å². The zero-order chi connectivity index (χ0) is 14.2. The molecule has 1 aliphatic carbocycles. The van der Waals surface area contributed by atoms with E-state index in [9.17, 15) is 19.5 Å². The minimum Gasteiger partial charge on any atom is -0.481 e. The van der Waals surface area contributed by atoms with Gasteiger partial charge in [-0.05, 0) is 25.2 Å². The average molecular weight is 268 g/mol. The minimum absolute atomic E-state index is 0.125. The highest BCUT2D eigenvalue weighted by atomic mass is 16.4. The summed E-state index contributed by atoms with van der Waals surface area (Å²) in [6, 6.07) is 0. The van der Waals surface area contributed by atoms with Gasteiger partial charge in [-0.2, -0.15) is 0 Å². The molecule has 0 bridgehead atoms. The number of primary amides is 1. The lowest BCUT2D eigenvalue weighted by atomic mass is 9.95. The van der Waals surface area contributed by atoms with E-state index in [0.29, 0.717) is 32.4 Å². The van der Waals surface area contributed by atoms with Crippen LogP contribution >= 0.6 is 0 Å². The Morgan fingerprint density at radius 2 is 1.84 bits per heavy atom. The summed E-state index contributed by atoms with van der Waals surface area (Å²) in [5, 5.41) is 9.19. The van der Waals surface area contributed by atoms with Gasteiger partial charge in [-0.15, -0.1) is 0 Å². The molecule has 1 heterocycles. The predicted molar refractivity (Wildman–Crippen MR) is 66.9 cm³/mol. The lowest BCUT2D eigenvalue weighted by Crippen LogP contribution is -2.38. The molecule has 0 spiro atoms. The summed E-state index contributed by atoms with van der Waals surface area (Å²) < 4.78 is 0. The first-order valence-corrected chi connectivity index (χ1v) is 6.71. The number of rotatable bonds is 3. The summed E-state index contributed by atoms with van der Waals surface area (Å²) in [5.41, 5.74) is 5.24. The van der Waals surface area contributed by atoms with Gasteiger partial charge in [0.05, 0.1) is 17.8 Å². The number of nitrogens with two attached hydrogens (primary N) is 1. The van der Waals surface area contributed by atoms with E-state index in [1.54, 1.807) is 4.90 Å². The summed E-state index contributed by atoms with van der Waals surface area (Å²) in [6.07, 6.45) is 1.76. The van der Waals surface area contributed by atoms with Crippen molar-refractivity contribution >= 4 is 17.8 Å². The van der Waals surface area contributed by atoms with Gasteiger partial charge < -0.3 is 15.7 Å². The SMILES string of the molecule is CC1C[C@H](C(=O)N2CCC(C(N)=O)C2)[C@H](C(=O)O)C1. The first-order chi connectivity index (χ1) is 8.90. The van der Waals surface area contributed by atoms with Crippen LogP contribution in [0.3, 0.4) is 0 Å². The third kappa shape index (κ3) is 2.72. The van der Waals surface area contributed by atoms with Crippen molar-refractivity contribution in [2.24, 2.45) is 29.4 Å². The largest absolute Gasteiger partial charge is 0.481 e. The summed E-state index contributed by atoms with van der Waals surface area (Å²) in [6.45, 7) is 2.81. The fourth-order valence-corrected chi connectivity index (χ4v) is 3.26. The van der Waals surface area contributed by atoms with Crippen molar-refractivity contribution < 1.29 is 19.5 Å². The van der Waals surface area contributed by atoms with Crippen LogP contribution in [0.5, 0.6) is 0 Å². The van der Waals surface area contributed by atoms with Crippen molar-refractivity contribution in [2.45, 2.75) is 26.2 Å². The molecule has 2 amide bonds. The van der Waals surface area contributed by atoms with Gasteiger partial charge in [-0.1, -0.05) is 6.92 Å². The molecule has 0 radical (unpaired) electrons. The highest BCUT2D eigenvalue weighted by Gasteiger charge is 2.44. The Bertz CT molecular complexity index is 409. The smallest absolute Gasteiger partial charge is 0.307 e. The molecular formula is C13H20N2O4. The Hall–Kier alpha value is -1.59. The van der Waals surface area contributed by atoms with Crippen LogP contribution in [0.1, 0.15) is 26.2 Å². The quantitative estimate of drug-likeness (QED) is 0.756. The first-order valence-electron chi connectivity index (χ1n) is 6.71. The second-order valence-electron chi connectivity index (χ2n) is 5.80. The zero-order valence-corrected chi connectivity index (χ0v) is 11.0. The van der Waals surface area contributed by atoms with Crippen molar-refractivity contribution in [3.05, 3.63) is 0 Å². The van der Waals surface area contributed by atoms with Crippen molar-refractivity contribution in [3.63, 3.8) is 0 Å². The van der Waals surface area contributed by atoms with Gasteiger partial charge in [0.2, 0.25) is 11.8 Å². The lowest BCUT2D eigenvalue weighted by Gasteiger charge is -2.22. The van der Waals surface area contributed by atoms with Crippen LogP contribution in [0.15, 0.2) is 0 Å². The van der Waals surface area contributed by atoms with Crippen molar-refractivity contribution in [1.82, 2.24) is 4.90 Å². The molecule has 3 N–H and O–H groups in total. The number of carbonyl (C=O) groups excluding carboxylic acids is 2. The van der Waals surface area contributed by atoms with Gasteiger partial charge in [0.1, 0.15) is 0 Å². The van der Waals surface area contributed by atoms with Gasteiger partial charge in [-0.25, -0.2) is 0 Å². The number of likely N-dealkylation sites (tertiary alicyclic amines) is 1. The van der Waals surface area contributed by atoms with Gasteiger partial charge in [-0.3, -0.25) is 14.4 Å². The van der Waals surface area contributed by atoms with Crippen LogP contribution in [0.25, 0.3) is 0 Å². The molecule has 6 nitrogen and oxygen atoms in total. The second-order valence-corrected chi connectivity index (χ2v) is 5.80. The molecule has 1 aliphatic heterocycles. The normalized spacial score (nSPS) is 34.5. The third-order valence-electron chi connectivity index (χ3n) is 4.33. The van der Waals surface area contributed by atoms with Gasteiger partial charge >= 0.3 is 5.97 Å². The number of carboxylic acid groups (broad SMARTS) is 1. The third-order valence-corrected chi connectivity index (χ3v) is 4.33. The van der Waals surface area contributed by atoms with E-state index in [4.69, 9.17) is 5.73 Å². The first kappa shape index (κ1) is 13.8. The van der Waals surface area contributed by atoms with Crippen molar-refractivity contribution in [3.8, 4) is 0 Å². The summed E-state index contributed by atoms with van der Waals surface area (Å²) >= 11 is 0. The van der Waals surface area contributed by atoms with Crippen molar-refractivity contribution in [1.29, 1.82) is 0 Å². The molecule has 1 saturated heterocycles. The highest BCUT2D eigenvalue weighted by Crippen LogP contribution is 2.38. The van der Waals surface area contributed by atoms with Crippen LogP contribution in [-0.2, 0) is 14.4 Å². The van der Waals surface area contributed by atoms with Gasteiger partial charge in [0, 0.05) is 13.1 Å². The zero-order valence-electron chi connectivity index (χ0n) is 11.0. The number of hydrogen-bond donors (Lipinski definition) is 2. The molecular weight excluding hydrogens is 248 g/mol. The average Bonchev–Trinajstić information content (AvgIpc) is 2.94. The van der Waals surface area contributed by atoms with Crippen LogP contribution in [0.4, 0.5) is 0 Å². The monoisotopic (exact) mass is 268 g/mol. The molecule has 0 aromatic heterocycles. The van der Waals surface area contributed by atoms with E-state index in [-0.39, 0.29) is 23.7 Å². The standard InChI is InChI=1S/C13H20N2O4/c1-7-4-9(10(5-7)13(18)19)12(17)15-3-2-8(6-15)11(14)16/h7-10H,2-6H2,1H3,(H2,14,16)(H,18,19)/t7?,8?,9-,10+/m0/s1. The molecule has 2 unspecified atom stereocenters. The van der Waals surface area contributed by atoms with Crippen molar-refractivity contribution in [2.75, 3.05) is 13.1 Å². The molecule has 19 heavy (non-hydrogen) atoms. The number of nitrogens with zero attached hydrogens (tertiary/aromatic N) is 1. The molecule has 6 heteroatoms. The molecule has 2 rings (SSSR count). The Balaban J connectivity index is 2.03. The maximum Gasteiger partial charge on any atom is 0.307 e. The van der Waals surface area contributed by atoms with E-state index in [2.05, 4.69) is 0 Å². The molecule has 0 aromatic rings. The summed E-state index contributed by atoms with van der Waals surface area (Å²) in [5.74, 6) is -2.47. The van der Waals surface area contributed by atoms with E-state index >= 15 is 0 Å². The molecule has 2 fully saturated rings.